The Morgan fingerprint density at radius 1 is 1.53 bits per heavy atom. The van der Waals surface area contributed by atoms with Crippen LogP contribution in [0.15, 0.2) is 0 Å². The minimum Gasteiger partial charge on any atom is -0.364 e. The van der Waals surface area contributed by atoms with E-state index in [4.69, 9.17) is 10.5 Å². The molecular formula is C11H22N2O2. The van der Waals surface area contributed by atoms with Gasteiger partial charge in [0.1, 0.15) is 6.10 Å². The van der Waals surface area contributed by atoms with Crippen molar-refractivity contribution >= 4 is 5.91 Å². The van der Waals surface area contributed by atoms with Gasteiger partial charge in [0, 0.05) is 19.1 Å². The molecule has 2 N–H and O–H groups in total. The van der Waals surface area contributed by atoms with Gasteiger partial charge in [-0.25, -0.2) is 0 Å². The van der Waals surface area contributed by atoms with Gasteiger partial charge in [-0.2, -0.15) is 0 Å². The van der Waals surface area contributed by atoms with Gasteiger partial charge in [0.25, 0.3) is 5.91 Å². The highest BCUT2D eigenvalue weighted by molar-refractivity contribution is 5.81. The van der Waals surface area contributed by atoms with E-state index in [1.165, 1.54) is 0 Å². The fourth-order valence-electron chi connectivity index (χ4n) is 2.02. The van der Waals surface area contributed by atoms with Crippen molar-refractivity contribution < 1.29 is 9.53 Å². The first-order valence-electron chi connectivity index (χ1n) is 5.76. The van der Waals surface area contributed by atoms with Gasteiger partial charge >= 0.3 is 0 Å². The number of nitrogens with two attached hydrogens (primary N) is 1. The predicted octanol–water partition coefficient (Wildman–Crippen LogP) is 0.750. The van der Waals surface area contributed by atoms with Crippen molar-refractivity contribution in [1.82, 2.24) is 4.90 Å². The molecule has 0 aromatic heterocycles. The molecule has 2 atom stereocenters. The third-order valence-electron chi connectivity index (χ3n) is 2.89. The number of likely N-dealkylation sites (N-methyl/N-ethyl adjacent to an activating group) is 1. The van der Waals surface area contributed by atoms with E-state index in [1.807, 2.05) is 25.7 Å². The van der Waals surface area contributed by atoms with E-state index in [-0.39, 0.29) is 24.2 Å². The summed E-state index contributed by atoms with van der Waals surface area (Å²) in [5.41, 5.74) is 5.51. The van der Waals surface area contributed by atoms with Crippen molar-refractivity contribution in [3.8, 4) is 0 Å². The first kappa shape index (κ1) is 12.5. The van der Waals surface area contributed by atoms with E-state index in [2.05, 4.69) is 0 Å². The van der Waals surface area contributed by atoms with E-state index in [1.54, 1.807) is 0 Å². The smallest absolute Gasteiger partial charge is 0.251 e. The largest absolute Gasteiger partial charge is 0.364 e. The zero-order valence-corrected chi connectivity index (χ0v) is 9.90. The van der Waals surface area contributed by atoms with Crippen LogP contribution in [0, 0.1) is 0 Å². The molecule has 0 aromatic rings. The van der Waals surface area contributed by atoms with Gasteiger partial charge in [-0.15, -0.1) is 0 Å². The molecule has 0 saturated carbocycles. The number of rotatable bonds is 4. The van der Waals surface area contributed by atoms with Crippen LogP contribution in [-0.4, -0.2) is 42.1 Å². The third kappa shape index (κ3) is 2.92. The molecule has 1 saturated heterocycles. The highest BCUT2D eigenvalue weighted by Gasteiger charge is 2.33. The summed E-state index contributed by atoms with van der Waals surface area (Å²) < 4.78 is 5.59. The minimum absolute atomic E-state index is 0.0739. The Kier molecular flexibility index (Phi) is 4.54. The fraction of sp³-hybridized carbons (Fsp3) is 0.909. The number of hydrogen-bond donors (Lipinski definition) is 1. The second-order valence-corrected chi connectivity index (χ2v) is 4.28. The van der Waals surface area contributed by atoms with Gasteiger partial charge in [-0.05, 0) is 33.6 Å². The lowest BCUT2D eigenvalue weighted by atomic mass is 10.1. The molecule has 1 fully saturated rings. The normalized spacial score (nSPS) is 25.9. The molecule has 0 bridgehead atoms. The molecule has 0 aromatic carbocycles. The maximum Gasteiger partial charge on any atom is 0.251 e. The SMILES string of the molecule is CCN(C(=O)C1CCC(CN)O1)C(C)C. The van der Waals surface area contributed by atoms with Crippen LogP contribution < -0.4 is 5.73 Å². The van der Waals surface area contributed by atoms with Crippen molar-refractivity contribution in [3.05, 3.63) is 0 Å². The Morgan fingerprint density at radius 2 is 2.20 bits per heavy atom. The summed E-state index contributed by atoms with van der Waals surface area (Å²) in [6.45, 7) is 7.29. The molecule has 0 spiro atoms. The van der Waals surface area contributed by atoms with E-state index in [0.717, 1.165) is 19.4 Å². The van der Waals surface area contributed by atoms with E-state index in [9.17, 15) is 4.79 Å². The predicted molar refractivity (Wildman–Crippen MR) is 59.5 cm³/mol. The van der Waals surface area contributed by atoms with Gasteiger partial charge < -0.3 is 15.4 Å². The summed E-state index contributed by atoms with van der Waals surface area (Å²) >= 11 is 0. The van der Waals surface area contributed by atoms with E-state index in [0.29, 0.717) is 6.54 Å². The average Bonchev–Trinajstić information content (AvgIpc) is 2.66. The second kappa shape index (κ2) is 5.47. The molecule has 4 nitrogen and oxygen atoms in total. The lowest BCUT2D eigenvalue weighted by Gasteiger charge is -2.27. The van der Waals surface area contributed by atoms with Gasteiger partial charge in [-0.3, -0.25) is 4.79 Å². The van der Waals surface area contributed by atoms with Crippen molar-refractivity contribution in [2.24, 2.45) is 5.73 Å². The molecule has 1 aliphatic heterocycles. The molecular weight excluding hydrogens is 192 g/mol. The lowest BCUT2D eigenvalue weighted by molar-refractivity contribution is -0.144. The molecule has 1 heterocycles. The van der Waals surface area contributed by atoms with E-state index < -0.39 is 0 Å². The monoisotopic (exact) mass is 214 g/mol. The number of amides is 1. The van der Waals surface area contributed by atoms with Crippen molar-refractivity contribution in [2.75, 3.05) is 13.1 Å². The molecule has 0 radical (unpaired) electrons. The molecule has 2 unspecified atom stereocenters. The van der Waals surface area contributed by atoms with Gasteiger partial charge in [0.2, 0.25) is 0 Å². The Balaban J connectivity index is 2.53. The Labute approximate surface area is 91.8 Å². The van der Waals surface area contributed by atoms with Crippen LogP contribution in [-0.2, 0) is 9.53 Å². The number of carbonyl (C=O) groups excluding carboxylic acids is 1. The highest BCUT2D eigenvalue weighted by Crippen LogP contribution is 2.21. The number of ether oxygens (including phenoxy) is 1. The van der Waals surface area contributed by atoms with Gasteiger partial charge in [0.15, 0.2) is 0 Å². The topological polar surface area (TPSA) is 55.6 Å². The average molecular weight is 214 g/mol. The van der Waals surface area contributed by atoms with Crippen LogP contribution in [0.5, 0.6) is 0 Å². The van der Waals surface area contributed by atoms with Crippen LogP contribution in [0.4, 0.5) is 0 Å². The van der Waals surface area contributed by atoms with Crippen LogP contribution in [0.2, 0.25) is 0 Å². The summed E-state index contributed by atoms with van der Waals surface area (Å²) in [6, 6.07) is 0.239. The number of carbonyl (C=O) groups is 1. The maximum absolute atomic E-state index is 12.0. The fourth-order valence-corrected chi connectivity index (χ4v) is 2.02. The summed E-state index contributed by atoms with van der Waals surface area (Å²) in [6.07, 6.45) is 1.53. The summed E-state index contributed by atoms with van der Waals surface area (Å²) in [5.74, 6) is 0.114. The van der Waals surface area contributed by atoms with Gasteiger partial charge in [0.05, 0.1) is 6.10 Å². The van der Waals surface area contributed by atoms with E-state index >= 15 is 0 Å². The van der Waals surface area contributed by atoms with Crippen molar-refractivity contribution in [1.29, 1.82) is 0 Å². The minimum atomic E-state index is -0.263. The maximum atomic E-state index is 12.0. The molecule has 1 aliphatic rings. The summed E-state index contributed by atoms with van der Waals surface area (Å²) in [5, 5.41) is 0. The zero-order valence-electron chi connectivity index (χ0n) is 9.90. The van der Waals surface area contributed by atoms with Crippen molar-refractivity contribution in [3.63, 3.8) is 0 Å². The molecule has 88 valence electrons. The number of nitrogens with zero attached hydrogens (tertiary/aromatic N) is 1. The summed E-state index contributed by atoms with van der Waals surface area (Å²) in [7, 11) is 0. The lowest BCUT2D eigenvalue weighted by Crippen LogP contribution is -2.43. The Hall–Kier alpha value is -0.610. The third-order valence-corrected chi connectivity index (χ3v) is 2.89. The molecule has 4 heteroatoms. The summed E-state index contributed by atoms with van der Waals surface area (Å²) in [4.78, 5) is 13.9. The molecule has 1 amide bonds. The highest BCUT2D eigenvalue weighted by atomic mass is 16.5. The molecule has 1 rings (SSSR count). The first-order valence-corrected chi connectivity index (χ1v) is 5.76. The van der Waals surface area contributed by atoms with Crippen LogP contribution >= 0.6 is 0 Å². The van der Waals surface area contributed by atoms with Crippen LogP contribution in [0.1, 0.15) is 33.6 Å². The standard InChI is InChI=1S/C11H22N2O2/c1-4-13(8(2)3)11(14)10-6-5-9(7-12)15-10/h8-10H,4-7,12H2,1-3H3. The number of hydrogen-bond acceptors (Lipinski definition) is 3. The molecule has 0 aliphatic carbocycles. The Morgan fingerprint density at radius 3 is 2.60 bits per heavy atom. The quantitative estimate of drug-likeness (QED) is 0.751. The van der Waals surface area contributed by atoms with Crippen LogP contribution in [0.3, 0.4) is 0 Å². The van der Waals surface area contributed by atoms with Gasteiger partial charge in [-0.1, -0.05) is 0 Å². The zero-order chi connectivity index (χ0) is 11.4. The Bertz CT molecular complexity index is 219. The van der Waals surface area contributed by atoms with Crippen molar-refractivity contribution in [2.45, 2.75) is 51.9 Å². The van der Waals surface area contributed by atoms with Crippen LogP contribution in [0.25, 0.3) is 0 Å². The molecule has 15 heavy (non-hydrogen) atoms. The first-order chi connectivity index (χ1) is 7.10. The second-order valence-electron chi connectivity index (χ2n) is 4.28.